The zero-order valence-electron chi connectivity index (χ0n) is 11.2. The fourth-order valence-corrected chi connectivity index (χ4v) is 2.87. The molecule has 0 aromatic rings. The molecule has 0 bridgehead atoms. The molecule has 2 aliphatic rings. The number of carbonyl (C=O) groups is 1. The number of nitrogens with one attached hydrogen (secondary N) is 1. The zero-order valence-corrected chi connectivity index (χ0v) is 11.2. The van der Waals surface area contributed by atoms with Crippen molar-refractivity contribution in [2.24, 2.45) is 5.92 Å². The zero-order chi connectivity index (χ0) is 12.8. The molecule has 2 fully saturated rings. The first kappa shape index (κ1) is 13.8. The van der Waals surface area contributed by atoms with Crippen LogP contribution in [-0.4, -0.2) is 48.2 Å². The number of rotatable bonds is 8. The van der Waals surface area contributed by atoms with E-state index in [4.69, 9.17) is 5.11 Å². The minimum atomic E-state index is 0.241. The summed E-state index contributed by atoms with van der Waals surface area (Å²) in [4.78, 5) is 14.1. The van der Waals surface area contributed by atoms with Gasteiger partial charge in [-0.2, -0.15) is 0 Å². The minimum absolute atomic E-state index is 0.241. The first-order valence-electron chi connectivity index (χ1n) is 7.44. The lowest BCUT2D eigenvalue weighted by Crippen LogP contribution is -2.34. The average Bonchev–Trinajstić information content (AvgIpc) is 3.07. The molecule has 0 aromatic heterocycles. The third kappa shape index (κ3) is 4.25. The van der Waals surface area contributed by atoms with Gasteiger partial charge in [-0.15, -0.1) is 0 Å². The lowest BCUT2D eigenvalue weighted by molar-refractivity contribution is -0.124. The van der Waals surface area contributed by atoms with Gasteiger partial charge in [-0.3, -0.25) is 9.69 Å². The van der Waals surface area contributed by atoms with Crippen LogP contribution in [0.2, 0.25) is 0 Å². The molecular weight excluding hydrogens is 228 g/mol. The van der Waals surface area contributed by atoms with E-state index in [1.807, 2.05) is 0 Å². The molecule has 2 aliphatic carbocycles. The van der Waals surface area contributed by atoms with E-state index in [1.54, 1.807) is 0 Å². The average molecular weight is 254 g/mol. The Hall–Kier alpha value is -0.610. The third-order valence-corrected chi connectivity index (χ3v) is 4.10. The lowest BCUT2D eigenvalue weighted by Gasteiger charge is -2.20. The Balaban J connectivity index is 1.55. The fourth-order valence-electron chi connectivity index (χ4n) is 2.87. The van der Waals surface area contributed by atoms with Crippen LogP contribution in [0.15, 0.2) is 0 Å². The second-order valence-electron chi connectivity index (χ2n) is 5.62. The van der Waals surface area contributed by atoms with Crippen LogP contribution in [0, 0.1) is 5.92 Å². The van der Waals surface area contributed by atoms with E-state index in [0.717, 1.165) is 38.9 Å². The normalized spacial score (nSPS) is 20.6. The lowest BCUT2D eigenvalue weighted by atomic mass is 10.1. The second kappa shape index (κ2) is 7.10. The second-order valence-corrected chi connectivity index (χ2v) is 5.62. The number of amides is 1. The smallest absolute Gasteiger partial charge is 0.223 e. The number of aliphatic hydroxyl groups is 1. The highest BCUT2D eigenvalue weighted by Gasteiger charge is 2.28. The van der Waals surface area contributed by atoms with Gasteiger partial charge in [0.15, 0.2) is 0 Å². The summed E-state index contributed by atoms with van der Waals surface area (Å²) in [5, 5.41) is 12.0. The van der Waals surface area contributed by atoms with Crippen LogP contribution in [0.5, 0.6) is 0 Å². The summed E-state index contributed by atoms with van der Waals surface area (Å²) in [5.74, 6) is 0.537. The Kier molecular flexibility index (Phi) is 5.45. The van der Waals surface area contributed by atoms with Gasteiger partial charge in [0.05, 0.1) is 6.61 Å². The van der Waals surface area contributed by atoms with Crippen molar-refractivity contribution in [3.8, 4) is 0 Å². The van der Waals surface area contributed by atoms with Crippen molar-refractivity contribution in [3.05, 3.63) is 0 Å². The number of carbonyl (C=O) groups excluding carboxylic acids is 1. The van der Waals surface area contributed by atoms with Crippen molar-refractivity contribution in [1.82, 2.24) is 10.2 Å². The van der Waals surface area contributed by atoms with Crippen LogP contribution in [0.4, 0.5) is 0 Å². The highest BCUT2D eigenvalue weighted by atomic mass is 16.3. The van der Waals surface area contributed by atoms with E-state index in [0.29, 0.717) is 6.04 Å². The summed E-state index contributed by atoms with van der Waals surface area (Å²) in [6.45, 7) is 2.80. The Morgan fingerprint density at radius 1 is 1.17 bits per heavy atom. The predicted octanol–water partition coefficient (Wildman–Crippen LogP) is 1.14. The molecule has 1 amide bonds. The molecule has 0 aliphatic heterocycles. The van der Waals surface area contributed by atoms with Gasteiger partial charge in [-0.1, -0.05) is 12.8 Å². The van der Waals surface area contributed by atoms with Crippen LogP contribution in [0.1, 0.15) is 44.9 Å². The van der Waals surface area contributed by atoms with Gasteiger partial charge in [0.1, 0.15) is 0 Å². The number of hydrogen-bond donors (Lipinski definition) is 2. The minimum Gasteiger partial charge on any atom is -0.395 e. The maximum absolute atomic E-state index is 11.8. The first-order valence-corrected chi connectivity index (χ1v) is 7.44. The van der Waals surface area contributed by atoms with Gasteiger partial charge in [-0.25, -0.2) is 0 Å². The largest absolute Gasteiger partial charge is 0.395 e. The number of nitrogens with zero attached hydrogens (tertiary/aromatic N) is 1. The molecular formula is C14H26N2O2. The van der Waals surface area contributed by atoms with Gasteiger partial charge in [-0.05, 0) is 32.1 Å². The van der Waals surface area contributed by atoms with Gasteiger partial charge < -0.3 is 10.4 Å². The number of hydrogen-bond acceptors (Lipinski definition) is 3. The van der Waals surface area contributed by atoms with E-state index < -0.39 is 0 Å². The van der Waals surface area contributed by atoms with Crippen molar-refractivity contribution in [2.45, 2.75) is 51.0 Å². The SMILES string of the molecule is O=C(NCCCN(CCO)C1CC1)C1CCCC1. The van der Waals surface area contributed by atoms with Crippen molar-refractivity contribution >= 4 is 5.91 Å². The highest BCUT2D eigenvalue weighted by molar-refractivity contribution is 5.78. The van der Waals surface area contributed by atoms with E-state index >= 15 is 0 Å². The summed E-state index contributed by atoms with van der Waals surface area (Å²) >= 11 is 0. The molecule has 2 rings (SSSR count). The van der Waals surface area contributed by atoms with Gasteiger partial charge in [0, 0.05) is 31.6 Å². The molecule has 0 heterocycles. The van der Waals surface area contributed by atoms with Crippen molar-refractivity contribution in [3.63, 3.8) is 0 Å². The predicted molar refractivity (Wildman–Crippen MR) is 71.3 cm³/mol. The molecule has 0 atom stereocenters. The standard InChI is InChI=1S/C14H26N2O2/c17-11-10-16(13-6-7-13)9-3-8-15-14(18)12-4-1-2-5-12/h12-13,17H,1-11H2,(H,15,18). The van der Waals surface area contributed by atoms with E-state index in [-0.39, 0.29) is 18.4 Å². The Bertz CT molecular complexity index is 261. The van der Waals surface area contributed by atoms with E-state index in [1.165, 1.54) is 25.7 Å². The Labute approximate surface area is 110 Å². The van der Waals surface area contributed by atoms with Crippen LogP contribution in [0.25, 0.3) is 0 Å². The van der Waals surface area contributed by atoms with E-state index in [9.17, 15) is 4.79 Å². The third-order valence-electron chi connectivity index (χ3n) is 4.10. The molecule has 4 nitrogen and oxygen atoms in total. The quantitative estimate of drug-likeness (QED) is 0.639. The van der Waals surface area contributed by atoms with Crippen molar-refractivity contribution in [1.29, 1.82) is 0 Å². The van der Waals surface area contributed by atoms with Crippen molar-refractivity contribution in [2.75, 3.05) is 26.2 Å². The summed E-state index contributed by atoms with van der Waals surface area (Å²) in [5.41, 5.74) is 0. The van der Waals surface area contributed by atoms with E-state index in [2.05, 4.69) is 10.2 Å². The topological polar surface area (TPSA) is 52.6 Å². The molecule has 0 spiro atoms. The van der Waals surface area contributed by atoms with Crippen LogP contribution < -0.4 is 5.32 Å². The first-order chi connectivity index (χ1) is 8.81. The van der Waals surface area contributed by atoms with Crippen LogP contribution >= 0.6 is 0 Å². The molecule has 104 valence electrons. The molecule has 0 saturated heterocycles. The summed E-state index contributed by atoms with van der Waals surface area (Å²) in [6, 6.07) is 0.697. The highest BCUT2D eigenvalue weighted by Crippen LogP contribution is 2.26. The summed E-state index contributed by atoms with van der Waals surface area (Å²) in [7, 11) is 0. The molecule has 0 aromatic carbocycles. The summed E-state index contributed by atoms with van der Waals surface area (Å²) in [6.07, 6.45) is 8.11. The monoisotopic (exact) mass is 254 g/mol. The van der Waals surface area contributed by atoms with Crippen molar-refractivity contribution < 1.29 is 9.90 Å². The number of aliphatic hydroxyl groups excluding tert-OH is 1. The maximum atomic E-state index is 11.8. The van der Waals surface area contributed by atoms with Crippen LogP contribution in [-0.2, 0) is 4.79 Å². The molecule has 4 heteroatoms. The van der Waals surface area contributed by atoms with Gasteiger partial charge in [0.25, 0.3) is 0 Å². The van der Waals surface area contributed by atoms with Gasteiger partial charge in [0.2, 0.25) is 5.91 Å². The Morgan fingerprint density at radius 2 is 1.89 bits per heavy atom. The van der Waals surface area contributed by atoms with Gasteiger partial charge >= 0.3 is 0 Å². The molecule has 0 radical (unpaired) electrons. The summed E-state index contributed by atoms with van der Waals surface area (Å²) < 4.78 is 0. The van der Waals surface area contributed by atoms with Crippen LogP contribution in [0.3, 0.4) is 0 Å². The molecule has 18 heavy (non-hydrogen) atoms. The molecule has 2 N–H and O–H groups in total. The molecule has 0 unspecified atom stereocenters. The fraction of sp³-hybridized carbons (Fsp3) is 0.929. The Morgan fingerprint density at radius 3 is 2.50 bits per heavy atom. The maximum Gasteiger partial charge on any atom is 0.223 e. The molecule has 2 saturated carbocycles.